The van der Waals surface area contributed by atoms with E-state index in [-0.39, 0.29) is 17.2 Å². The molecular formula is C17H18ClN3O3. The molecule has 126 valence electrons. The van der Waals surface area contributed by atoms with Gasteiger partial charge in [-0.2, -0.15) is 5.10 Å². The normalized spacial score (nSPS) is 13.8. The molecule has 0 atom stereocenters. The third kappa shape index (κ3) is 3.43. The minimum absolute atomic E-state index is 0.0811. The zero-order chi connectivity index (χ0) is 17.3. The van der Waals surface area contributed by atoms with Gasteiger partial charge < -0.3 is 10.0 Å². The molecule has 0 aliphatic heterocycles. The number of halogens is 1. The number of carboxylic acid groups (broad SMARTS) is 1. The van der Waals surface area contributed by atoms with Gasteiger partial charge in [0.25, 0.3) is 5.91 Å². The van der Waals surface area contributed by atoms with Crippen LogP contribution in [0.4, 0.5) is 0 Å². The molecule has 1 N–H and O–H groups in total. The number of hydrogen-bond acceptors (Lipinski definition) is 3. The van der Waals surface area contributed by atoms with Gasteiger partial charge in [0.05, 0.1) is 6.20 Å². The first-order chi connectivity index (χ1) is 11.5. The molecule has 1 aromatic carbocycles. The van der Waals surface area contributed by atoms with Crippen molar-refractivity contribution in [3.05, 3.63) is 52.3 Å². The van der Waals surface area contributed by atoms with Crippen LogP contribution in [0.1, 0.15) is 39.3 Å². The largest absolute Gasteiger partial charge is 0.478 e. The number of carboxylic acids is 1. The highest BCUT2D eigenvalue weighted by molar-refractivity contribution is 6.31. The lowest BCUT2D eigenvalue weighted by atomic mass is 10.1. The standard InChI is InChI=1S/C17H18ClN3O3/c1-20-15(13(8-19-20)17(23)24)16(22)21(9-11-6-7-11)10-12-4-2-3-5-14(12)18/h2-5,8,11H,6-7,9-10H2,1H3,(H,23,24). The van der Waals surface area contributed by atoms with Crippen LogP contribution in [0.2, 0.25) is 5.02 Å². The first-order valence-electron chi connectivity index (χ1n) is 7.75. The van der Waals surface area contributed by atoms with Crippen molar-refractivity contribution in [3.8, 4) is 0 Å². The van der Waals surface area contributed by atoms with Crippen LogP contribution in [0.15, 0.2) is 30.5 Å². The van der Waals surface area contributed by atoms with Gasteiger partial charge in [-0.3, -0.25) is 9.48 Å². The van der Waals surface area contributed by atoms with Gasteiger partial charge in [0.1, 0.15) is 11.3 Å². The molecule has 1 saturated carbocycles. The maximum Gasteiger partial charge on any atom is 0.339 e. The van der Waals surface area contributed by atoms with Crippen molar-refractivity contribution in [2.75, 3.05) is 6.54 Å². The van der Waals surface area contributed by atoms with Crippen LogP contribution < -0.4 is 0 Å². The minimum Gasteiger partial charge on any atom is -0.478 e. The Balaban J connectivity index is 1.91. The molecule has 2 aromatic rings. The van der Waals surface area contributed by atoms with E-state index in [0.29, 0.717) is 24.0 Å². The molecule has 1 aliphatic carbocycles. The van der Waals surface area contributed by atoms with Crippen molar-refractivity contribution >= 4 is 23.5 Å². The van der Waals surface area contributed by atoms with E-state index in [9.17, 15) is 14.7 Å². The Morgan fingerprint density at radius 3 is 2.71 bits per heavy atom. The Kier molecular flexibility index (Phi) is 4.57. The van der Waals surface area contributed by atoms with Crippen molar-refractivity contribution in [2.24, 2.45) is 13.0 Å². The second-order valence-electron chi connectivity index (χ2n) is 6.06. The maximum absolute atomic E-state index is 13.0. The number of carbonyl (C=O) groups is 2. The lowest BCUT2D eigenvalue weighted by molar-refractivity contribution is 0.0665. The summed E-state index contributed by atoms with van der Waals surface area (Å²) in [5.41, 5.74) is 0.852. The molecule has 1 aromatic heterocycles. The number of aryl methyl sites for hydroxylation is 1. The van der Waals surface area contributed by atoms with Gasteiger partial charge in [-0.1, -0.05) is 29.8 Å². The van der Waals surface area contributed by atoms with Crippen molar-refractivity contribution in [2.45, 2.75) is 19.4 Å². The molecule has 1 heterocycles. The number of benzene rings is 1. The molecular weight excluding hydrogens is 330 g/mol. The van der Waals surface area contributed by atoms with Crippen molar-refractivity contribution < 1.29 is 14.7 Å². The third-order valence-electron chi connectivity index (χ3n) is 4.15. The molecule has 6 nitrogen and oxygen atoms in total. The molecule has 0 saturated heterocycles. The second kappa shape index (κ2) is 6.65. The van der Waals surface area contributed by atoms with Crippen LogP contribution >= 0.6 is 11.6 Å². The van der Waals surface area contributed by atoms with E-state index < -0.39 is 5.97 Å². The van der Waals surface area contributed by atoms with Gasteiger partial charge in [0.15, 0.2) is 0 Å². The van der Waals surface area contributed by atoms with E-state index >= 15 is 0 Å². The average Bonchev–Trinajstić information content (AvgIpc) is 3.27. The van der Waals surface area contributed by atoms with Gasteiger partial charge in [-0.15, -0.1) is 0 Å². The predicted octanol–water partition coefficient (Wildman–Crippen LogP) is 2.82. The first kappa shape index (κ1) is 16.5. The summed E-state index contributed by atoms with van der Waals surface area (Å²) in [6, 6.07) is 7.36. The Morgan fingerprint density at radius 2 is 2.08 bits per heavy atom. The molecule has 1 fully saturated rings. The number of aromatic nitrogens is 2. The third-order valence-corrected chi connectivity index (χ3v) is 4.52. The number of nitrogens with zero attached hydrogens (tertiary/aromatic N) is 3. The minimum atomic E-state index is -1.16. The zero-order valence-corrected chi connectivity index (χ0v) is 14.0. The van der Waals surface area contributed by atoms with Crippen LogP contribution in [-0.4, -0.2) is 38.2 Å². The van der Waals surface area contributed by atoms with E-state index in [4.69, 9.17) is 11.6 Å². The summed E-state index contributed by atoms with van der Waals surface area (Å²) < 4.78 is 1.32. The molecule has 0 radical (unpaired) electrons. The lowest BCUT2D eigenvalue weighted by Gasteiger charge is -2.23. The summed E-state index contributed by atoms with van der Waals surface area (Å²) >= 11 is 6.21. The van der Waals surface area contributed by atoms with Crippen LogP contribution in [0.5, 0.6) is 0 Å². The number of carbonyl (C=O) groups excluding carboxylic acids is 1. The maximum atomic E-state index is 13.0. The lowest BCUT2D eigenvalue weighted by Crippen LogP contribution is -2.34. The molecule has 0 bridgehead atoms. The first-order valence-corrected chi connectivity index (χ1v) is 8.13. The molecule has 3 rings (SSSR count). The summed E-state index contributed by atoms with van der Waals surface area (Å²) in [6.07, 6.45) is 3.38. The molecule has 1 aliphatic rings. The summed E-state index contributed by atoms with van der Waals surface area (Å²) in [4.78, 5) is 26.0. The molecule has 7 heteroatoms. The van der Waals surface area contributed by atoms with Gasteiger partial charge >= 0.3 is 5.97 Å². The second-order valence-corrected chi connectivity index (χ2v) is 6.46. The van der Waals surface area contributed by atoms with Crippen LogP contribution in [-0.2, 0) is 13.6 Å². The number of aromatic carboxylic acids is 1. The molecule has 0 unspecified atom stereocenters. The SMILES string of the molecule is Cn1ncc(C(=O)O)c1C(=O)N(Cc1ccccc1Cl)CC1CC1. The summed E-state index contributed by atoms with van der Waals surface area (Å²) in [7, 11) is 1.57. The quantitative estimate of drug-likeness (QED) is 0.871. The van der Waals surface area contributed by atoms with Gasteiger partial charge in [0, 0.05) is 25.2 Å². The van der Waals surface area contributed by atoms with Crippen molar-refractivity contribution in [1.82, 2.24) is 14.7 Å². The van der Waals surface area contributed by atoms with E-state index in [0.717, 1.165) is 18.4 Å². The smallest absolute Gasteiger partial charge is 0.339 e. The van der Waals surface area contributed by atoms with Crippen molar-refractivity contribution in [3.63, 3.8) is 0 Å². The highest BCUT2D eigenvalue weighted by Gasteiger charge is 2.31. The van der Waals surface area contributed by atoms with E-state index in [1.54, 1.807) is 18.0 Å². The van der Waals surface area contributed by atoms with Gasteiger partial charge in [-0.25, -0.2) is 4.79 Å². The number of amides is 1. The Bertz CT molecular complexity index is 783. The van der Waals surface area contributed by atoms with Gasteiger partial charge in [-0.05, 0) is 30.4 Å². The Morgan fingerprint density at radius 1 is 1.38 bits per heavy atom. The Labute approximate surface area is 144 Å². The Hall–Kier alpha value is -2.34. The van der Waals surface area contributed by atoms with Crippen LogP contribution in [0, 0.1) is 5.92 Å². The fourth-order valence-electron chi connectivity index (χ4n) is 2.66. The topological polar surface area (TPSA) is 75.4 Å². The van der Waals surface area contributed by atoms with E-state index in [1.165, 1.54) is 10.9 Å². The fraction of sp³-hybridized carbons (Fsp3) is 0.353. The van der Waals surface area contributed by atoms with E-state index in [2.05, 4.69) is 5.10 Å². The monoisotopic (exact) mass is 347 g/mol. The number of rotatable bonds is 6. The zero-order valence-electron chi connectivity index (χ0n) is 13.3. The van der Waals surface area contributed by atoms with E-state index in [1.807, 2.05) is 18.2 Å². The summed E-state index contributed by atoms with van der Waals surface area (Å²) in [5.74, 6) is -1.02. The molecule has 24 heavy (non-hydrogen) atoms. The van der Waals surface area contributed by atoms with Gasteiger partial charge in [0.2, 0.25) is 0 Å². The summed E-state index contributed by atoms with van der Waals surface area (Å²) in [5, 5.41) is 13.8. The predicted molar refractivity (Wildman–Crippen MR) is 89.1 cm³/mol. The summed E-state index contributed by atoms with van der Waals surface area (Å²) in [6.45, 7) is 0.938. The van der Waals surface area contributed by atoms with Crippen molar-refractivity contribution in [1.29, 1.82) is 0 Å². The average molecular weight is 348 g/mol. The molecule has 0 spiro atoms. The van der Waals surface area contributed by atoms with Crippen LogP contribution in [0.25, 0.3) is 0 Å². The van der Waals surface area contributed by atoms with Crippen LogP contribution in [0.3, 0.4) is 0 Å². The highest BCUT2D eigenvalue weighted by Crippen LogP contribution is 2.31. The molecule has 1 amide bonds. The highest BCUT2D eigenvalue weighted by atomic mass is 35.5. The number of hydrogen-bond donors (Lipinski definition) is 1. The fourth-order valence-corrected chi connectivity index (χ4v) is 2.86.